The fourth-order valence-corrected chi connectivity index (χ4v) is 3.55. The maximum Gasteiger partial charge on any atom is 0.303 e. The summed E-state index contributed by atoms with van der Waals surface area (Å²) in [5, 5.41) is 9.51. The summed E-state index contributed by atoms with van der Waals surface area (Å²) in [5.41, 5.74) is 3.22. The molecule has 5 heteroatoms. The van der Waals surface area contributed by atoms with Crippen LogP contribution in [-0.4, -0.2) is 23.3 Å². The van der Waals surface area contributed by atoms with Crippen LogP contribution in [0.5, 0.6) is 11.5 Å². The van der Waals surface area contributed by atoms with Crippen LogP contribution in [0, 0.1) is 0 Å². The molecule has 0 saturated carbocycles. The van der Waals surface area contributed by atoms with Crippen molar-refractivity contribution in [1.29, 1.82) is 0 Å². The van der Waals surface area contributed by atoms with E-state index in [1.54, 1.807) is 0 Å². The van der Waals surface area contributed by atoms with Gasteiger partial charge in [-0.15, -0.1) is 0 Å². The zero-order valence-electron chi connectivity index (χ0n) is 12.2. The van der Waals surface area contributed by atoms with Crippen molar-refractivity contribution < 1.29 is 19.4 Å². The third kappa shape index (κ3) is 2.57. The molecule has 0 bridgehead atoms. The van der Waals surface area contributed by atoms with Crippen molar-refractivity contribution in [2.45, 2.75) is 58.2 Å². The molecule has 0 aromatic heterocycles. The van der Waals surface area contributed by atoms with Crippen LogP contribution >= 0.6 is 11.6 Å². The third-order valence-corrected chi connectivity index (χ3v) is 4.49. The average molecular weight is 311 g/mol. The lowest BCUT2D eigenvalue weighted by atomic mass is 9.94. The molecule has 4 nitrogen and oxygen atoms in total. The second-order valence-corrected chi connectivity index (χ2v) is 6.30. The van der Waals surface area contributed by atoms with Crippen LogP contribution in [0.3, 0.4) is 0 Å². The van der Waals surface area contributed by atoms with Gasteiger partial charge in [-0.25, -0.2) is 0 Å². The van der Waals surface area contributed by atoms with Crippen molar-refractivity contribution >= 4 is 17.6 Å². The molecule has 3 rings (SSSR count). The molecule has 1 aromatic carbocycles. The molecule has 114 valence electrons. The molecule has 2 atom stereocenters. The number of hydrogen-bond acceptors (Lipinski definition) is 3. The van der Waals surface area contributed by atoms with E-state index in [-0.39, 0.29) is 18.6 Å². The summed E-state index contributed by atoms with van der Waals surface area (Å²) in [5.74, 6) is 0.886. The van der Waals surface area contributed by atoms with E-state index in [0.717, 1.165) is 41.0 Å². The molecule has 2 unspecified atom stereocenters. The second kappa shape index (κ2) is 5.41. The largest absolute Gasteiger partial charge is 0.490 e. The van der Waals surface area contributed by atoms with Gasteiger partial charge < -0.3 is 14.6 Å². The Morgan fingerprint density at radius 1 is 1.19 bits per heavy atom. The van der Waals surface area contributed by atoms with Crippen LogP contribution < -0.4 is 9.47 Å². The normalized spacial score (nSPS) is 22.4. The van der Waals surface area contributed by atoms with Gasteiger partial charge in [0, 0.05) is 36.0 Å². The number of hydrogen-bond donors (Lipinski definition) is 1. The Kier molecular flexibility index (Phi) is 3.74. The highest BCUT2D eigenvalue weighted by atomic mass is 35.5. The van der Waals surface area contributed by atoms with Crippen LogP contribution in [0.15, 0.2) is 0 Å². The van der Waals surface area contributed by atoms with Crippen molar-refractivity contribution in [3.63, 3.8) is 0 Å². The van der Waals surface area contributed by atoms with Crippen molar-refractivity contribution in [2.24, 2.45) is 0 Å². The fourth-order valence-electron chi connectivity index (χ4n) is 3.23. The molecule has 0 fully saturated rings. The minimum Gasteiger partial charge on any atom is -0.490 e. The number of rotatable bonds is 4. The summed E-state index contributed by atoms with van der Waals surface area (Å²) in [6.07, 6.45) is 3.26. The average Bonchev–Trinajstić information content (AvgIpc) is 2.96. The maximum atomic E-state index is 10.7. The smallest absolute Gasteiger partial charge is 0.303 e. The molecule has 2 aliphatic rings. The van der Waals surface area contributed by atoms with Crippen molar-refractivity contribution in [2.75, 3.05) is 0 Å². The summed E-state index contributed by atoms with van der Waals surface area (Å²) >= 11 is 6.49. The molecule has 1 N–H and O–H groups in total. The van der Waals surface area contributed by atoms with E-state index in [1.165, 1.54) is 0 Å². The monoisotopic (exact) mass is 310 g/mol. The van der Waals surface area contributed by atoms with E-state index < -0.39 is 5.97 Å². The Hall–Kier alpha value is -1.42. The Balaban J connectivity index is 2.00. The van der Waals surface area contributed by atoms with E-state index in [4.69, 9.17) is 26.2 Å². The van der Waals surface area contributed by atoms with E-state index in [0.29, 0.717) is 17.9 Å². The van der Waals surface area contributed by atoms with Crippen molar-refractivity contribution in [1.82, 2.24) is 0 Å². The minimum atomic E-state index is -0.767. The molecule has 0 spiro atoms. The summed E-state index contributed by atoms with van der Waals surface area (Å²) in [6.45, 7) is 4.04. The lowest BCUT2D eigenvalue weighted by Crippen LogP contribution is -2.08. The predicted octanol–water partition coefficient (Wildman–Crippen LogP) is 3.39. The number of carbonyl (C=O) groups is 1. The highest BCUT2D eigenvalue weighted by Crippen LogP contribution is 2.49. The Bertz CT molecular complexity index is 557. The first-order valence-electron chi connectivity index (χ1n) is 7.38. The highest BCUT2D eigenvalue weighted by molar-refractivity contribution is 6.33. The Morgan fingerprint density at radius 2 is 1.81 bits per heavy atom. The molecule has 0 amide bonds. The van der Waals surface area contributed by atoms with E-state index in [9.17, 15) is 4.79 Å². The van der Waals surface area contributed by atoms with Crippen LogP contribution in [0.2, 0.25) is 5.02 Å². The number of fused-ring (bicyclic) bond motifs is 2. The predicted molar refractivity (Wildman–Crippen MR) is 79.6 cm³/mol. The number of carboxylic acids is 1. The van der Waals surface area contributed by atoms with Gasteiger partial charge in [0.15, 0.2) is 0 Å². The molecular weight excluding hydrogens is 292 g/mol. The number of halogens is 1. The number of aliphatic carboxylic acids is 1. The number of ether oxygens (including phenoxy) is 2. The molecule has 21 heavy (non-hydrogen) atoms. The minimum absolute atomic E-state index is 0.107. The van der Waals surface area contributed by atoms with Crippen LogP contribution in [0.1, 0.15) is 43.4 Å². The summed E-state index contributed by atoms with van der Waals surface area (Å²) in [4.78, 5) is 10.7. The van der Waals surface area contributed by atoms with Crippen molar-refractivity contribution in [3.05, 3.63) is 21.7 Å². The van der Waals surface area contributed by atoms with Gasteiger partial charge in [-0.05, 0) is 26.7 Å². The van der Waals surface area contributed by atoms with Gasteiger partial charge in [-0.2, -0.15) is 0 Å². The quantitative estimate of drug-likeness (QED) is 0.926. The number of benzene rings is 1. The maximum absolute atomic E-state index is 10.7. The van der Waals surface area contributed by atoms with Gasteiger partial charge in [0.05, 0.1) is 5.02 Å². The Morgan fingerprint density at radius 3 is 2.48 bits per heavy atom. The standard InChI is InChI=1S/C16H19ClO4/c1-8-6-11-10(4-3-5-13(18)19)15-12(7-9(2)20-15)14(17)16(11)21-8/h8-9H,3-7H2,1-2H3,(H,18,19). The molecule has 2 aliphatic heterocycles. The summed E-state index contributed by atoms with van der Waals surface area (Å²) < 4.78 is 11.8. The van der Waals surface area contributed by atoms with Gasteiger partial charge in [0.2, 0.25) is 0 Å². The van der Waals surface area contributed by atoms with Crippen LogP contribution in [0.25, 0.3) is 0 Å². The summed E-state index contributed by atoms with van der Waals surface area (Å²) in [6, 6.07) is 0. The van der Waals surface area contributed by atoms with Gasteiger partial charge in [-0.3, -0.25) is 4.79 Å². The Labute approximate surface area is 129 Å². The molecule has 0 saturated heterocycles. The summed E-state index contributed by atoms with van der Waals surface area (Å²) in [7, 11) is 0. The zero-order valence-corrected chi connectivity index (χ0v) is 13.0. The molecule has 0 aliphatic carbocycles. The first kappa shape index (κ1) is 14.5. The van der Waals surface area contributed by atoms with Gasteiger partial charge >= 0.3 is 5.97 Å². The number of carboxylic acid groups (broad SMARTS) is 1. The lowest BCUT2D eigenvalue weighted by Gasteiger charge is -2.14. The van der Waals surface area contributed by atoms with E-state index >= 15 is 0 Å². The first-order chi connectivity index (χ1) is 9.97. The molecule has 2 heterocycles. The van der Waals surface area contributed by atoms with E-state index in [1.807, 2.05) is 13.8 Å². The lowest BCUT2D eigenvalue weighted by molar-refractivity contribution is -0.137. The zero-order chi connectivity index (χ0) is 15.1. The first-order valence-corrected chi connectivity index (χ1v) is 7.76. The fraction of sp³-hybridized carbons (Fsp3) is 0.562. The SMILES string of the molecule is CC1Cc2c(CCCC(=O)O)c3c(c(Cl)c2O1)CC(C)O3. The van der Waals surface area contributed by atoms with Crippen LogP contribution in [-0.2, 0) is 24.1 Å². The van der Waals surface area contributed by atoms with Gasteiger partial charge in [0.25, 0.3) is 0 Å². The van der Waals surface area contributed by atoms with Crippen molar-refractivity contribution in [3.8, 4) is 11.5 Å². The highest BCUT2D eigenvalue weighted by Gasteiger charge is 2.34. The molecule has 1 aromatic rings. The third-order valence-electron chi connectivity index (χ3n) is 4.09. The van der Waals surface area contributed by atoms with E-state index in [2.05, 4.69) is 0 Å². The molecule has 0 radical (unpaired) electrons. The van der Waals surface area contributed by atoms with Gasteiger partial charge in [0.1, 0.15) is 23.7 Å². The second-order valence-electron chi connectivity index (χ2n) is 5.92. The van der Waals surface area contributed by atoms with Crippen LogP contribution in [0.4, 0.5) is 0 Å². The topological polar surface area (TPSA) is 55.8 Å². The van der Waals surface area contributed by atoms with Gasteiger partial charge in [-0.1, -0.05) is 11.6 Å². The molecular formula is C16H19ClO4.